The van der Waals surface area contributed by atoms with E-state index in [0.29, 0.717) is 40.3 Å². The molecule has 8 nitrogen and oxygen atoms in total. The Labute approximate surface area is 199 Å². The number of carboxylic acid groups (broad SMARTS) is 1. The minimum atomic E-state index is -1.02. The molecule has 1 N–H and O–H groups in total. The van der Waals surface area contributed by atoms with Crippen LogP contribution in [0.25, 0.3) is 16.9 Å². The molecule has 5 rings (SSSR count). The van der Waals surface area contributed by atoms with Gasteiger partial charge in [0.1, 0.15) is 0 Å². The van der Waals surface area contributed by atoms with Gasteiger partial charge in [0, 0.05) is 25.9 Å². The molecule has 34 heavy (non-hydrogen) atoms. The molecule has 1 fully saturated rings. The van der Waals surface area contributed by atoms with E-state index in [1.165, 1.54) is 21.7 Å². The van der Waals surface area contributed by atoms with E-state index in [1.54, 1.807) is 61.1 Å². The largest absolute Gasteiger partial charge is 0.478 e. The first-order valence-corrected chi connectivity index (χ1v) is 11.1. The second-order valence-electron chi connectivity index (χ2n) is 8.61. The fraction of sp³-hybridized carbons (Fsp3) is 0.200. The fourth-order valence-corrected chi connectivity index (χ4v) is 4.55. The average molecular weight is 477 g/mol. The van der Waals surface area contributed by atoms with E-state index in [9.17, 15) is 19.5 Å². The van der Waals surface area contributed by atoms with Gasteiger partial charge in [0.15, 0.2) is 5.65 Å². The van der Waals surface area contributed by atoms with Gasteiger partial charge in [-0.05, 0) is 60.9 Å². The van der Waals surface area contributed by atoms with E-state index < -0.39 is 11.5 Å². The Morgan fingerprint density at radius 1 is 1.06 bits per heavy atom. The maximum Gasteiger partial charge on any atom is 0.335 e. The Morgan fingerprint density at radius 2 is 1.76 bits per heavy atom. The van der Waals surface area contributed by atoms with E-state index in [2.05, 4.69) is 4.98 Å². The number of fused-ring (bicyclic) bond motifs is 1. The first-order chi connectivity index (χ1) is 16.2. The topological polar surface area (TPSA) is 97.4 Å². The van der Waals surface area contributed by atoms with Crippen LogP contribution in [0.3, 0.4) is 0 Å². The SMILES string of the molecule is CN(C)C(=O)c1ccc(-n2c(=O)n(C3(c4cccc(C(=O)O)c4)CC3)c3ncc(Cl)cc32)cc1. The number of pyridine rings is 1. The third-order valence-corrected chi connectivity index (χ3v) is 6.43. The molecule has 4 aromatic rings. The van der Waals surface area contributed by atoms with Gasteiger partial charge in [-0.2, -0.15) is 0 Å². The van der Waals surface area contributed by atoms with E-state index >= 15 is 0 Å². The van der Waals surface area contributed by atoms with Crippen molar-refractivity contribution >= 4 is 34.6 Å². The Balaban J connectivity index is 1.71. The summed E-state index contributed by atoms with van der Waals surface area (Å²) in [6.45, 7) is 0. The first-order valence-electron chi connectivity index (χ1n) is 10.7. The maximum atomic E-state index is 13.9. The lowest BCUT2D eigenvalue weighted by atomic mass is 10.0. The van der Waals surface area contributed by atoms with Crippen LogP contribution in [0.5, 0.6) is 0 Å². The smallest absolute Gasteiger partial charge is 0.335 e. The average Bonchev–Trinajstić information content (AvgIpc) is 3.57. The number of aromatic nitrogens is 3. The number of imidazole rings is 1. The number of carboxylic acids is 1. The summed E-state index contributed by atoms with van der Waals surface area (Å²) in [5.74, 6) is -1.16. The van der Waals surface area contributed by atoms with Crippen LogP contribution < -0.4 is 5.69 Å². The van der Waals surface area contributed by atoms with Crippen LogP contribution in [0, 0.1) is 0 Å². The van der Waals surface area contributed by atoms with Gasteiger partial charge in [-0.1, -0.05) is 23.7 Å². The van der Waals surface area contributed by atoms with Gasteiger partial charge in [0.05, 0.1) is 27.3 Å². The van der Waals surface area contributed by atoms with E-state index in [-0.39, 0.29) is 17.2 Å². The second kappa shape index (κ2) is 7.85. The van der Waals surface area contributed by atoms with Crippen LogP contribution in [0.15, 0.2) is 65.6 Å². The molecule has 2 aromatic heterocycles. The minimum absolute atomic E-state index is 0.138. The lowest BCUT2D eigenvalue weighted by Gasteiger charge is -2.18. The van der Waals surface area contributed by atoms with Gasteiger partial charge in [0.2, 0.25) is 0 Å². The maximum absolute atomic E-state index is 13.9. The van der Waals surface area contributed by atoms with Crippen molar-refractivity contribution in [3.05, 3.63) is 93.0 Å². The van der Waals surface area contributed by atoms with Crippen LogP contribution in [0.4, 0.5) is 0 Å². The van der Waals surface area contributed by atoms with Crippen molar-refractivity contribution < 1.29 is 14.7 Å². The predicted octanol–water partition coefficient (Wildman–Crippen LogP) is 3.78. The predicted molar refractivity (Wildman–Crippen MR) is 128 cm³/mol. The summed E-state index contributed by atoms with van der Waals surface area (Å²) in [4.78, 5) is 43.6. The van der Waals surface area contributed by atoms with Gasteiger partial charge < -0.3 is 10.0 Å². The van der Waals surface area contributed by atoms with Gasteiger partial charge in [-0.25, -0.2) is 14.6 Å². The van der Waals surface area contributed by atoms with Crippen LogP contribution in [0.1, 0.15) is 39.1 Å². The molecule has 1 aliphatic carbocycles. The molecular weight excluding hydrogens is 456 g/mol. The third-order valence-electron chi connectivity index (χ3n) is 6.23. The molecule has 2 heterocycles. The van der Waals surface area contributed by atoms with Gasteiger partial charge >= 0.3 is 11.7 Å². The quantitative estimate of drug-likeness (QED) is 0.472. The Hall–Kier alpha value is -3.91. The number of hydrogen-bond donors (Lipinski definition) is 1. The zero-order valence-corrected chi connectivity index (χ0v) is 19.3. The summed E-state index contributed by atoms with van der Waals surface area (Å²) < 4.78 is 3.16. The normalized spacial score (nSPS) is 14.2. The number of hydrogen-bond acceptors (Lipinski definition) is 4. The highest BCUT2D eigenvalue weighted by molar-refractivity contribution is 6.31. The van der Waals surface area contributed by atoms with Crippen LogP contribution in [0.2, 0.25) is 5.02 Å². The Bertz CT molecular complexity index is 1510. The standard InChI is InChI=1S/C25H21ClN4O4/c1-28(2)22(31)15-6-8-19(9-7-15)29-20-13-18(26)14-27-21(20)30(24(29)34)25(10-11-25)17-5-3-4-16(12-17)23(32)33/h3-9,12-14H,10-11H2,1-2H3,(H,32,33). The van der Waals surface area contributed by atoms with Crippen molar-refractivity contribution in [2.45, 2.75) is 18.4 Å². The number of nitrogens with zero attached hydrogens (tertiary/aromatic N) is 4. The molecule has 2 aromatic carbocycles. The molecule has 172 valence electrons. The first kappa shape index (κ1) is 21.9. The molecular formula is C25H21ClN4O4. The number of carbonyl (C=O) groups is 2. The number of carbonyl (C=O) groups excluding carboxylic acids is 1. The summed E-state index contributed by atoms with van der Waals surface area (Å²) in [5, 5.41) is 9.83. The number of halogens is 1. The van der Waals surface area contributed by atoms with E-state index in [0.717, 1.165) is 5.56 Å². The molecule has 1 amide bonds. The zero-order chi connectivity index (χ0) is 24.2. The molecule has 0 atom stereocenters. The van der Waals surface area contributed by atoms with Crippen LogP contribution in [-0.2, 0) is 5.54 Å². The highest BCUT2D eigenvalue weighted by atomic mass is 35.5. The highest BCUT2D eigenvalue weighted by Gasteiger charge is 2.49. The zero-order valence-electron chi connectivity index (χ0n) is 18.5. The summed E-state index contributed by atoms with van der Waals surface area (Å²) in [6, 6.07) is 15.1. The number of amides is 1. The Morgan fingerprint density at radius 3 is 2.38 bits per heavy atom. The highest BCUT2D eigenvalue weighted by Crippen LogP contribution is 2.50. The van der Waals surface area contributed by atoms with Crippen molar-refractivity contribution in [2.75, 3.05) is 14.1 Å². The molecule has 0 spiro atoms. The minimum Gasteiger partial charge on any atom is -0.478 e. The van der Waals surface area contributed by atoms with E-state index in [1.807, 2.05) is 6.07 Å². The van der Waals surface area contributed by atoms with Gasteiger partial charge in [0.25, 0.3) is 5.91 Å². The van der Waals surface area contributed by atoms with Gasteiger partial charge in [-0.3, -0.25) is 13.9 Å². The number of aromatic carboxylic acids is 1. The van der Waals surface area contributed by atoms with Crippen molar-refractivity contribution in [3.8, 4) is 5.69 Å². The summed E-state index contributed by atoms with van der Waals surface area (Å²) in [7, 11) is 3.35. The lowest BCUT2D eigenvalue weighted by Crippen LogP contribution is -2.32. The van der Waals surface area contributed by atoms with Crippen molar-refractivity contribution in [1.29, 1.82) is 0 Å². The molecule has 0 bridgehead atoms. The summed E-state index contributed by atoms with van der Waals surface area (Å²) in [5.41, 5.74) is 1.98. The van der Waals surface area contributed by atoms with Crippen LogP contribution >= 0.6 is 11.6 Å². The monoisotopic (exact) mass is 476 g/mol. The molecule has 1 aliphatic rings. The summed E-state index contributed by atoms with van der Waals surface area (Å²) >= 11 is 6.24. The molecule has 0 aliphatic heterocycles. The van der Waals surface area contributed by atoms with Crippen molar-refractivity contribution in [2.24, 2.45) is 0 Å². The number of rotatable bonds is 5. The summed E-state index contributed by atoms with van der Waals surface area (Å²) in [6.07, 6.45) is 2.85. The third kappa shape index (κ3) is 3.38. The van der Waals surface area contributed by atoms with Gasteiger partial charge in [-0.15, -0.1) is 0 Å². The fourth-order valence-electron chi connectivity index (χ4n) is 4.40. The van der Waals surface area contributed by atoms with E-state index in [4.69, 9.17) is 11.6 Å². The van der Waals surface area contributed by atoms with Crippen molar-refractivity contribution in [3.63, 3.8) is 0 Å². The second-order valence-corrected chi connectivity index (χ2v) is 9.05. The lowest BCUT2D eigenvalue weighted by molar-refractivity contribution is 0.0696. The molecule has 0 unspecified atom stereocenters. The molecule has 9 heteroatoms. The molecule has 0 saturated heterocycles. The molecule has 1 saturated carbocycles. The Kier molecular flexibility index (Phi) is 5.06. The van der Waals surface area contributed by atoms with Crippen molar-refractivity contribution in [1.82, 2.24) is 19.0 Å². The number of benzene rings is 2. The molecule has 0 radical (unpaired) electrons. The van der Waals surface area contributed by atoms with Crippen LogP contribution in [-0.4, -0.2) is 50.1 Å².